The van der Waals surface area contributed by atoms with E-state index in [1.165, 1.54) is 12.3 Å². The molecule has 3 aromatic rings. The molecule has 1 heterocycles. The van der Waals surface area contributed by atoms with E-state index in [0.717, 1.165) is 5.56 Å². The number of carbonyl (C=O) groups is 1. The van der Waals surface area contributed by atoms with Gasteiger partial charge in [-0.15, -0.1) is 0 Å². The van der Waals surface area contributed by atoms with E-state index in [1.807, 2.05) is 30.3 Å². The molecule has 0 spiro atoms. The standard InChI is InChI=1S/C16H9ClO3/c17-16(19)12-8-4-7-11-14(18)13(9-20-15(11)12)10-5-2-1-3-6-10/h1-9H. The molecule has 0 aliphatic carbocycles. The molecule has 0 fully saturated rings. The van der Waals surface area contributed by atoms with Gasteiger partial charge in [-0.1, -0.05) is 36.4 Å². The highest BCUT2D eigenvalue weighted by Gasteiger charge is 2.14. The number of hydrogen-bond donors (Lipinski definition) is 0. The second-order valence-corrected chi connectivity index (χ2v) is 4.64. The van der Waals surface area contributed by atoms with E-state index < -0.39 is 5.24 Å². The van der Waals surface area contributed by atoms with Gasteiger partial charge in [0.2, 0.25) is 5.43 Å². The third kappa shape index (κ3) is 2.02. The van der Waals surface area contributed by atoms with Crippen molar-refractivity contribution in [2.45, 2.75) is 0 Å². The predicted molar refractivity (Wildman–Crippen MR) is 78.1 cm³/mol. The summed E-state index contributed by atoms with van der Waals surface area (Å²) >= 11 is 5.49. The molecule has 0 aliphatic rings. The Balaban J connectivity index is 2.33. The Bertz CT molecular complexity index is 850. The molecule has 3 rings (SSSR count). The minimum absolute atomic E-state index is 0.183. The zero-order chi connectivity index (χ0) is 14.1. The Morgan fingerprint density at radius 1 is 1.00 bits per heavy atom. The molecule has 0 saturated heterocycles. The molecule has 0 aliphatic heterocycles. The molecule has 0 amide bonds. The van der Waals surface area contributed by atoms with Crippen LogP contribution in [0.4, 0.5) is 0 Å². The van der Waals surface area contributed by atoms with Gasteiger partial charge in [0.1, 0.15) is 11.8 Å². The quantitative estimate of drug-likeness (QED) is 0.672. The lowest BCUT2D eigenvalue weighted by atomic mass is 10.0. The van der Waals surface area contributed by atoms with Crippen molar-refractivity contribution in [1.29, 1.82) is 0 Å². The summed E-state index contributed by atoms with van der Waals surface area (Å²) in [6.07, 6.45) is 1.36. The molecule has 2 aromatic carbocycles. The van der Waals surface area contributed by atoms with Crippen LogP contribution in [0.15, 0.2) is 64.0 Å². The molecule has 4 heteroatoms. The molecule has 0 N–H and O–H groups in total. The molecule has 0 saturated carbocycles. The fraction of sp³-hybridized carbons (Fsp3) is 0. The number of carbonyl (C=O) groups excluding carboxylic acids is 1. The van der Waals surface area contributed by atoms with Crippen LogP contribution in [-0.2, 0) is 0 Å². The molecule has 0 bridgehead atoms. The van der Waals surface area contributed by atoms with Gasteiger partial charge in [0, 0.05) is 0 Å². The van der Waals surface area contributed by atoms with Gasteiger partial charge in [-0.3, -0.25) is 9.59 Å². The second-order valence-electron chi connectivity index (χ2n) is 4.30. The van der Waals surface area contributed by atoms with E-state index in [4.69, 9.17) is 16.0 Å². The van der Waals surface area contributed by atoms with Crippen molar-refractivity contribution < 1.29 is 9.21 Å². The first-order chi connectivity index (χ1) is 9.68. The Labute approximate surface area is 119 Å². The Hall–Kier alpha value is -2.39. The van der Waals surface area contributed by atoms with Crippen molar-refractivity contribution >= 4 is 27.8 Å². The summed E-state index contributed by atoms with van der Waals surface area (Å²) in [5, 5.41) is -0.302. The predicted octanol–water partition coefficient (Wildman–Crippen LogP) is 3.84. The van der Waals surface area contributed by atoms with Crippen LogP contribution in [0.2, 0.25) is 0 Å². The van der Waals surface area contributed by atoms with Crippen molar-refractivity contribution in [1.82, 2.24) is 0 Å². The van der Waals surface area contributed by atoms with Gasteiger partial charge in [0.25, 0.3) is 5.24 Å². The van der Waals surface area contributed by atoms with E-state index in [0.29, 0.717) is 10.9 Å². The monoisotopic (exact) mass is 284 g/mol. The first-order valence-corrected chi connectivity index (χ1v) is 6.36. The summed E-state index contributed by atoms with van der Waals surface area (Å²) in [5.74, 6) is 0. The molecule has 0 unspecified atom stereocenters. The van der Waals surface area contributed by atoms with E-state index in [1.54, 1.807) is 12.1 Å². The SMILES string of the molecule is O=C(Cl)c1cccc2c(=O)c(-c3ccccc3)coc12. The molecule has 0 atom stereocenters. The van der Waals surface area contributed by atoms with Gasteiger partial charge in [-0.05, 0) is 29.3 Å². The summed E-state index contributed by atoms with van der Waals surface area (Å²) in [6.45, 7) is 0. The van der Waals surface area contributed by atoms with Crippen LogP contribution in [0.5, 0.6) is 0 Å². The maximum atomic E-state index is 12.5. The molecule has 20 heavy (non-hydrogen) atoms. The highest BCUT2D eigenvalue weighted by Crippen LogP contribution is 2.22. The average Bonchev–Trinajstić information content (AvgIpc) is 2.48. The number of halogens is 1. The van der Waals surface area contributed by atoms with Gasteiger partial charge in [-0.25, -0.2) is 0 Å². The Kier molecular flexibility index (Phi) is 3.12. The van der Waals surface area contributed by atoms with E-state index in [-0.39, 0.29) is 16.6 Å². The highest BCUT2D eigenvalue weighted by molar-refractivity contribution is 6.68. The van der Waals surface area contributed by atoms with Crippen LogP contribution >= 0.6 is 11.6 Å². The zero-order valence-electron chi connectivity index (χ0n) is 10.3. The lowest BCUT2D eigenvalue weighted by Crippen LogP contribution is -2.06. The normalized spacial score (nSPS) is 10.7. The molecular formula is C16H9ClO3. The smallest absolute Gasteiger partial charge is 0.256 e. The molecular weight excluding hydrogens is 276 g/mol. The minimum atomic E-state index is -0.647. The number of benzene rings is 2. The third-order valence-electron chi connectivity index (χ3n) is 3.10. The van der Waals surface area contributed by atoms with Crippen LogP contribution in [0, 0.1) is 0 Å². The lowest BCUT2D eigenvalue weighted by Gasteiger charge is -2.04. The van der Waals surface area contributed by atoms with E-state index >= 15 is 0 Å². The topological polar surface area (TPSA) is 47.3 Å². The number of fused-ring (bicyclic) bond motifs is 1. The summed E-state index contributed by atoms with van der Waals surface area (Å²) in [7, 11) is 0. The van der Waals surface area contributed by atoms with Gasteiger partial charge >= 0.3 is 0 Å². The lowest BCUT2D eigenvalue weighted by molar-refractivity contribution is 0.108. The highest BCUT2D eigenvalue weighted by atomic mass is 35.5. The maximum absolute atomic E-state index is 12.5. The second kappa shape index (κ2) is 4.94. The summed E-state index contributed by atoms with van der Waals surface area (Å²) in [5.41, 5.74) is 1.46. The Morgan fingerprint density at radius 3 is 2.45 bits per heavy atom. The van der Waals surface area contributed by atoms with Crippen LogP contribution in [-0.4, -0.2) is 5.24 Å². The zero-order valence-corrected chi connectivity index (χ0v) is 11.1. The number of hydrogen-bond acceptors (Lipinski definition) is 3. The Morgan fingerprint density at radius 2 is 1.75 bits per heavy atom. The molecule has 3 nitrogen and oxygen atoms in total. The molecule has 0 radical (unpaired) electrons. The number of para-hydroxylation sites is 1. The van der Waals surface area contributed by atoms with Gasteiger partial charge in [0.15, 0.2) is 0 Å². The van der Waals surface area contributed by atoms with Crippen LogP contribution < -0.4 is 5.43 Å². The van der Waals surface area contributed by atoms with E-state index in [9.17, 15) is 9.59 Å². The van der Waals surface area contributed by atoms with Crippen LogP contribution in [0.3, 0.4) is 0 Å². The first kappa shape index (κ1) is 12.6. The molecule has 98 valence electrons. The average molecular weight is 285 g/mol. The largest absolute Gasteiger partial charge is 0.463 e. The first-order valence-electron chi connectivity index (χ1n) is 5.98. The maximum Gasteiger partial charge on any atom is 0.256 e. The third-order valence-corrected chi connectivity index (χ3v) is 3.30. The number of rotatable bonds is 2. The van der Waals surface area contributed by atoms with Crippen LogP contribution in [0.25, 0.3) is 22.1 Å². The minimum Gasteiger partial charge on any atom is -0.463 e. The van der Waals surface area contributed by atoms with Crippen molar-refractivity contribution in [3.8, 4) is 11.1 Å². The van der Waals surface area contributed by atoms with Crippen molar-refractivity contribution in [3.05, 3.63) is 70.6 Å². The van der Waals surface area contributed by atoms with Gasteiger partial charge in [0.05, 0.1) is 16.5 Å². The van der Waals surface area contributed by atoms with Gasteiger partial charge < -0.3 is 4.42 Å². The van der Waals surface area contributed by atoms with E-state index in [2.05, 4.69) is 0 Å². The fourth-order valence-corrected chi connectivity index (χ4v) is 2.28. The summed E-state index contributed by atoms with van der Waals surface area (Å²) in [4.78, 5) is 23.8. The van der Waals surface area contributed by atoms with Crippen LogP contribution in [0.1, 0.15) is 10.4 Å². The summed E-state index contributed by atoms with van der Waals surface area (Å²) < 4.78 is 5.47. The van der Waals surface area contributed by atoms with Crippen molar-refractivity contribution in [2.24, 2.45) is 0 Å². The summed E-state index contributed by atoms with van der Waals surface area (Å²) in [6, 6.07) is 14.0. The fourth-order valence-electron chi connectivity index (χ4n) is 2.13. The van der Waals surface area contributed by atoms with Crippen molar-refractivity contribution in [2.75, 3.05) is 0 Å². The van der Waals surface area contributed by atoms with Crippen molar-refractivity contribution in [3.63, 3.8) is 0 Å². The van der Waals surface area contributed by atoms with Gasteiger partial charge in [-0.2, -0.15) is 0 Å². The molecule has 1 aromatic heterocycles.